The molecule has 23 heavy (non-hydrogen) atoms. The Balaban J connectivity index is 2.34. The molecule has 6 nitrogen and oxygen atoms in total. The predicted molar refractivity (Wildman–Crippen MR) is 74.4 cm³/mol. The highest BCUT2D eigenvalue weighted by atomic mass is 19.4. The highest BCUT2D eigenvalue weighted by molar-refractivity contribution is 6.58. The Bertz CT molecular complexity index is 719. The van der Waals surface area contributed by atoms with E-state index in [0.29, 0.717) is 12.1 Å². The van der Waals surface area contributed by atoms with Crippen molar-refractivity contribution in [2.24, 2.45) is 0 Å². The molecule has 0 saturated carbocycles. The summed E-state index contributed by atoms with van der Waals surface area (Å²) in [6.07, 6.45) is -4.71. The van der Waals surface area contributed by atoms with Gasteiger partial charge in [-0.1, -0.05) is 12.1 Å². The van der Waals surface area contributed by atoms with Gasteiger partial charge in [0.2, 0.25) is 5.75 Å². The molecule has 2 aromatic carbocycles. The van der Waals surface area contributed by atoms with E-state index in [-0.39, 0.29) is 17.0 Å². The highest BCUT2D eigenvalue weighted by Crippen LogP contribution is 2.37. The van der Waals surface area contributed by atoms with Gasteiger partial charge in [-0.2, -0.15) is 13.2 Å². The summed E-state index contributed by atoms with van der Waals surface area (Å²) in [5.74, 6) is -0.266. The summed E-state index contributed by atoms with van der Waals surface area (Å²) in [6.45, 7) is 0. The Kier molecular flexibility index (Phi) is 4.57. The summed E-state index contributed by atoms with van der Waals surface area (Å²) < 4.78 is 43.0. The van der Waals surface area contributed by atoms with Crippen molar-refractivity contribution in [2.75, 3.05) is 0 Å². The number of alkyl halides is 3. The lowest BCUT2D eigenvalue weighted by Gasteiger charge is -2.10. The van der Waals surface area contributed by atoms with Crippen LogP contribution < -0.4 is 10.2 Å². The van der Waals surface area contributed by atoms with E-state index in [4.69, 9.17) is 14.8 Å². The molecule has 2 rings (SSSR count). The largest absolute Gasteiger partial charge is 0.488 e. The monoisotopic (exact) mass is 327 g/mol. The van der Waals surface area contributed by atoms with Crippen molar-refractivity contribution in [1.29, 1.82) is 0 Å². The van der Waals surface area contributed by atoms with Crippen LogP contribution in [0.15, 0.2) is 42.5 Å². The first-order valence-electron chi connectivity index (χ1n) is 6.18. The van der Waals surface area contributed by atoms with Gasteiger partial charge >= 0.3 is 19.0 Å². The lowest BCUT2D eigenvalue weighted by Crippen LogP contribution is -2.29. The van der Waals surface area contributed by atoms with Crippen LogP contribution in [-0.4, -0.2) is 22.1 Å². The number of nitrogens with zero attached hydrogens (tertiary/aromatic N) is 1. The van der Waals surface area contributed by atoms with Gasteiger partial charge in [0.25, 0.3) is 0 Å². The zero-order valence-electron chi connectivity index (χ0n) is 11.3. The number of hydrogen-bond donors (Lipinski definition) is 2. The second-order valence-electron chi connectivity index (χ2n) is 4.48. The Hall–Kier alpha value is -2.59. The third-order valence-electron chi connectivity index (χ3n) is 2.89. The van der Waals surface area contributed by atoms with Crippen molar-refractivity contribution in [1.82, 2.24) is 0 Å². The van der Waals surface area contributed by atoms with E-state index in [1.54, 1.807) is 0 Å². The van der Waals surface area contributed by atoms with E-state index < -0.39 is 29.5 Å². The lowest BCUT2D eigenvalue weighted by atomic mass is 9.80. The molecule has 120 valence electrons. The zero-order valence-corrected chi connectivity index (χ0v) is 11.3. The fraction of sp³-hybridized carbons (Fsp3) is 0.0769. The van der Waals surface area contributed by atoms with E-state index in [1.165, 1.54) is 24.3 Å². The number of ether oxygens (including phenoxy) is 1. The second kappa shape index (κ2) is 6.27. The molecular formula is C13H9BF3NO5. The molecule has 0 atom stereocenters. The van der Waals surface area contributed by atoms with E-state index >= 15 is 0 Å². The number of halogens is 3. The predicted octanol–water partition coefficient (Wildman–Crippen LogP) is 2.09. The number of hydrogen-bond acceptors (Lipinski definition) is 5. The van der Waals surface area contributed by atoms with Crippen molar-refractivity contribution >= 4 is 18.3 Å². The summed E-state index contributed by atoms with van der Waals surface area (Å²) in [7, 11) is -1.69. The first-order chi connectivity index (χ1) is 10.7. The zero-order chi connectivity index (χ0) is 17.2. The molecule has 0 aliphatic heterocycles. The molecule has 0 unspecified atom stereocenters. The fourth-order valence-electron chi connectivity index (χ4n) is 1.76. The molecule has 2 aromatic rings. The number of nitro groups is 1. The lowest BCUT2D eigenvalue weighted by molar-refractivity contribution is -0.385. The SMILES string of the molecule is O=[N+]([O-])c1cc(C(F)(F)F)ccc1Oc1ccc(B(O)O)cc1. The normalized spacial score (nSPS) is 11.2. The molecule has 0 fully saturated rings. The van der Waals surface area contributed by atoms with Crippen molar-refractivity contribution < 1.29 is 32.9 Å². The van der Waals surface area contributed by atoms with E-state index in [1.807, 2.05) is 0 Å². The van der Waals surface area contributed by atoms with Crippen LogP contribution in [0.2, 0.25) is 0 Å². The van der Waals surface area contributed by atoms with Gasteiger partial charge in [0.1, 0.15) is 5.75 Å². The molecule has 0 radical (unpaired) electrons. The molecule has 0 bridgehead atoms. The van der Waals surface area contributed by atoms with Gasteiger partial charge in [-0.3, -0.25) is 10.1 Å². The van der Waals surface area contributed by atoms with E-state index in [0.717, 1.165) is 6.07 Å². The second-order valence-corrected chi connectivity index (χ2v) is 4.48. The summed E-state index contributed by atoms with van der Waals surface area (Å²) >= 11 is 0. The first-order valence-corrected chi connectivity index (χ1v) is 6.18. The van der Waals surface area contributed by atoms with Crippen molar-refractivity contribution in [3.63, 3.8) is 0 Å². The van der Waals surface area contributed by atoms with Crippen LogP contribution in [0.25, 0.3) is 0 Å². The third-order valence-corrected chi connectivity index (χ3v) is 2.89. The number of benzene rings is 2. The first kappa shape index (κ1) is 16.8. The maximum absolute atomic E-state index is 12.6. The summed E-state index contributed by atoms with van der Waals surface area (Å²) in [6, 6.07) is 7.13. The number of rotatable bonds is 4. The molecule has 0 saturated heterocycles. The number of nitro benzene ring substituents is 1. The van der Waals surface area contributed by atoms with Crippen LogP contribution in [0.3, 0.4) is 0 Å². The topological polar surface area (TPSA) is 92.8 Å². The average Bonchev–Trinajstić information content (AvgIpc) is 2.46. The molecule has 0 heterocycles. The van der Waals surface area contributed by atoms with Crippen molar-refractivity contribution in [3.05, 3.63) is 58.1 Å². The molecule has 10 heteroatoms. The summed E-state index contributed by atoms with van der Waals surface area (Å²) in [5, 5.41) is 28.8. The van der Waals surface area contributed by atoms with Gasteiger partial charge in [-0.05, 0) is 29.7 Å². The van der Waals surface area contributed by atoms with Crippen LogP contribution >= 0.6 is 0 Å². The van der Waals surface area contributed by atoms with Crippen molar-refractivity contribution in [3.8, 4) is 11.5 Å². The van der Waals surface area contributed by atoms with Crippen LogP contribution in [0.5, 0.6) is 11.5 Å². The van der Waals surface area contributed by atoms with Crippen LogP contribution in [0, 0.1) is 10.1 Å². The third kappa shape index (κ3) is 3.99. The Morgan fingerprint density at radius 2 is 1.70 bits per heavy atom. The maximum Gasteiger partial charge on any atom is 0.488 e. The molecular weight excluding hydrogens is 318 g/mol. The Morgan fingerprint density at radius 3 is 2.17 bits per heavy atom. The standard InChI is InChI=1S/C13H9BF3NO5/c15-13(16,17)8-1-6-12(11(7-8)18(21)22)23-10-4-2-9(3-5-10)14(19)20/h1-7,19-20H. The van der Waals surface area contributed by atoms with Crippen LogP contribution in [0.1, 0.15) is 5.56 Å². The van der Waals surface area contributed by atoms with Gasteiger partial charge in [0.15, 0.2) is 0 Å². The average molecular weight is 327 g/mol. The van der Waals surface area contributed by atoms with Crippen LogP contribution in [-0.2, 0) is 6.18 Å². The highest BCUT2D eigenvalue weighted by Gasteiger charge is 2.33. The maximum atomic E-state index is 12.6. The molecule has 0 aromatic heterocycles. The Labute approximate surface area is 128 Å². The fourth-order valence-corrected chi connectivity index (χ4v) is 1.76. The van der Waals surface area contributed by atoms with Gasteiger partial charge in [-0.25, -0.2) is 0 Å². The minimum atomic E-state index is -4.71. The van der Waals surface area contributed by atoms with Gasteiger partial charge in [0, 0.05) is 6.07 Å². The summed E-state index contributed by atoms with van der Waals surface area (Å²) in [5.41, 5.74) is -1.82. The molecule has 0 aliphatic rings. The van der Waals surface area contributed by atoms with Crippen molar-refractivity contribution in [2.45, 2.75) is 6.18 Å². The smallest absolute Gasteiger partial charge is 0.450 e. The summed E-state index contributed by atoms with van der Waals surface area (Å²) in [4.78, 5) is 9.95. The molecule has 0 spiro atoms. The molecule has 2 N–H and O–H groups in total. The Morgan fingerprint density at radius 1 is 1.09 bits per heavy atom. The minimum Gasteiger partial charge on any atom is -0.450 e. The van der Waals surface area contributed by atoms with Crippen LogP contribution in [0.4, 0.5) is 18.9 Å². The van der Waals surface area contributed by atoms with Gasteiger partial charge in [-0.15, -0.1) is 0 Å². The van der Waals surface area contributed by atoms with Gasteiger partial charge < -0.3 is 14.8 Å². The van der Waals surface area contributed by atoms with E-state index in [2.05, 4.69) is 0 Å². The minimum absolute atomic E-state index is 0.0947. The van der Waals surface area contributed by atoms with E-state index in [9.17, 15) is 23.3 Å². The van der Waals surface area contributed by atoms with Gasteiger partial charge in [0.05, 0.1) is 10.5 Å². The molecule has 0 aliphatic carbocycles. The quantitative estimate of drug-likeness (QED) is 0.510. The molecule has 0 amide bonds.